The SMILES string of the molecule is O=C(c1ccccc1-n1cccn1)N(CC1CCCO1)c1ccncc1. The lowest BCUT2D eigenvalue weighted by molar-refractivity contribution is 0.0917. The van der Waals surface area contributed by atoms with Crippen LogP contribution in [0.2, 0.25) is 0 Å². The van der Waals surface area contributed by atoms with Gasteiger partial charge in [-0.2, -0.15) is 5.10 Å². The molecule has 1 amide bonds. The van der Waals surface area contributed by atoms with Crippen molar-refractivity contribution in [2.75, 3.05) is 18.1 Å². The Morgan fingerprint density at radius 3 is 2.73 bits per heavy atom. The smallest absolute Gasteiger partial charge is 0.260 e. The second kappa shape index (κ2) is 7.49. The number of ether oxygens (including phenoxy) is 1. The lowest BCUT2D eigenvalue weighted by atomic mass is 10.1. The summed E-state index contributed by atoms with van der Waals surface area (Å²) in [6, 6.07) is 13.1. The Balaban J connectivity index is 1.71. The van der Waals surface area contributed by atoms with Crippen LogP contribution in [0.3, 0.4) is 0 Å². The third-order valence-corrected chi connectivity index (χ3v) is 4.52. The Kier molecular flexibility index (Phi) is 4.75. The van der Waals surface area contributed by atoms with Crippen molar-refractivity contribution in [3.8, 4) is 5.69 Å². The summed E-state index contributed by atoms with van der Waals surface area (Å²) in [5.74, 6) is -0.0715. The number of rotatable bonds is 5. The van der Waals surface area contributed by atoms with Crippen LogP contribution in [0.5, 0.6) is 0 Å². The lowest BCUT2D eigenvalue weighted by Crippen LogP contribution is -2.38. The largest absolute Gasteiger partial charge is 0.376 e. The molecule has 0 saturated carbocycles. The van der Waals surface area contributed by atoms with Crippen LogP contribution < -0.4 is 4.90 Å². The van der Waals surface area contributed by atoms with Gasteiger partial charge >= 0.3 is 0 Å². The predicted molar refractivity (Wildman–Crippen MR) is 98.5 cm³/mol. The number of anilines is 1. The van der Waals surface area contributed by atoms with Gasteiger partial charge in [-0.15, -0.1) is 0 Å². The number of nitrogens with zero attached hydrogens (tertiary/aromatic N) is 4. The number of hydrogen-bond donors (Lipinski definition) is 0. The molecule has 4 rings (SSSR count). The first-order valence-corrected chi connectivity index (χ1v) is 8.75. The number of pyridine rings is 1. The van der Waals surface area contributed by atoms with Crippen LogP contribution in [0.1, 0.15) is 23.2 Å². The molecule has 6 heteroatoms. The number of carbonyl (C=O) groups excluding carboxylic acids is 1. The summed E-state index contributed by atoms with van der Waals surface area (Å²) >= 11 is 0. The number of hydrogen-bond acceptors (Lipinski definition) is 4. The Hall–Kier alpha value is -2.99. The number of amides is 1. The summed E-state index contributed by atoms with van der Waals surface area (Å²) in [6.07, 6.45) is 9.00. The van der Waals surface area contributed by atoms with Gasteiger partial charge in [0.25, 0.3) is 5.91 Å². The van der Waals surface area contributed by atoms with Crippen LogP contribution in [0, 0.1) is 0 Å². The topological polar surface area (TPSA) is 60.2 Å². The minimum absolute atomic E-state index is 0.0592. The van der Waals surface area contributed by atoms with Crippen LogP contribution in [0.4, 0.5) is 5.69 Å². The normalized spacial score (nSPS) is 16.5. The maximum Gasteiger partial charge on any atom is 0.260 e. The number of aromatic nitrogens is 3. The maximum atomic E-state index is 13.5. The van der Waals surface area contributed by atoms with Gasteiger partial charge in [-0.3, -0.25) is 9.78 Å². The van der Waals surface area contributed by atoms with Gasteiger partial charge in [0.15, 0.2) is 0 Å². The summed E-state index contributed by atoms with van der Waals surface area (Å²) in [7, 11) is 0. The molecule has 3 aromatic rings. The Morgan fingerprint density at radius 1 is 1.15 bits per heavy atom. The van der Waals surface area contributed by atoms with Gasteiger partial charge in [0, 0.05) is 37.1 Å². The highest BCUT2D eigenvalue weighted by molar-refractivity contribution is 6.08. The molecule has 0 bridgehead atoms. The molecule has 1 aliphatic heterocycles. The van der Waals surface area contributed by atoms with Crippen LogP contribution in [-0.4, -0.2) is 39.9 Å². The highest BCUT2D eigenvalue weighted by Gasteiger charge is 2.26. The maximum absolute atomic E-state index is 13.5. The average Bonchev–Trinajstić information content (AvgIpc) is 3.40. The lowest BCUT2D eigenvalue weighted by Gasteiger charge is -2.26. The van der Waals surface area contributed by atoms with Crippen molar-refractivity contribution in [1.82, 2.24) is 14.8 Å². The second-order valence-electron chi connectivity index (χ2n) is 6.22. The molecule has 1 atom stereocenters. The molecule has 0 radical (unpaired) electrons. The first kappa shape index (κ1) is 16.5. The van der Waals surface area contributed by atoms with Crippen molar-refractivity contribution >= 4 is 11.6 Å². The van der Waals surface area contributed by atoms with E-state index in [9.17, 15) is 4.79 Å². The van der Waals surface area contributed by atoms with E-state index in [0.29, 0.717) is 12.1 Å². The van der Waals surface area contributed by atoms with Crippen molar-refractivity contribution in [1.29, 1.82) is 0 Å². The Bertz CT molecular complexity index is 859. The minimum Gasteiger partial charge on any atom is -0.376 e. The van der Waals surface area contributed by atoms with Crippen molar-refractivity contribution in [2.24, 2.45) is 0 Å². The van der Waals surface area contributed by atoms with Crippen molar-refractivity contribution in [2.45, 2.75) is 18.9 Å². The molecule has 1 saturated heterocycles. The zero-order valence-corrected chi connectivity index (χ0v) is 14.4. The zero-order valence-electron chi connectivity index (χ0n) is 14.4. The molecular weight excluding hydrogens is 328 g/mol. The molecule has 2 aromatic heterocycles. The minimum atomic E-state index is -0.0715. The van der Waals surface area contributed by atoms with Crippen molar-refractivity contribution in [3.63, 3.8) is 0 Å². The van der Waals surface area contributed by atoms with Gasteiger partial charge in [0.05, 0.1) is 23.9 Å². The highest BCUT2D eigenvalue weighted by Crippen LogP contribution is 2.23. The monoisotopic (exact) mass is 348 g/mol. The van der Waals surface area contributed by atoms with Gasteiger partial charge in [-0.05, 0) is 43.2 Å². The van der Waals surface area contributed by atoms with Crippen LogP contribution in [-0.2, 0) is 4.74 Å². The van der Waals surface area contributed by atoms with E-state index in [1.165, 1.54) is 0 Å². The molecule has 1 aromatic carbocycles. The number of benzene rings is 1. The van der Waals surface area contributed by atoms with E-state index in [-0.39, 0.29) is 12.0 Å². The van der Waals surface area contributed by atoms with Crippen LogP contribution in [0.15, 0.2) is 67.3 Å². The van der Waals surface area contributed by atoms with E-state index in [1.54, 1.807) is 28.2 Å². The highest BCUT2D eigenvalue weighted by atomic mass is 16.5. The molecule has 0 spiro atoms. The van der Waals surface area contributed by atoms with Gasteiger partial charge < -0.3 is 9.64 Å². The molecule has 0 aliphatic carbocycles. The van der Waals surface area contributed by atoms with Gasteiger partial charge in [0.1, 0.15) is 0 Å². The third-order valence-electron chi connectivity index (χ3n) is 4.52. The standard InChI is InChI=1S/C20H20N4O2/c25-20(18-6-1-2-7-19(18)24-13-4-10-22-24)23(15-17-5-3-14-26-17)16-8-11-21-12-9-16/h1-2,4,6-13,17H,3,5,14-15H2. The summed E-state index contributed by atoms with van der Waals surface area (Å²) in [5, 5.41) is 4.28. The quantitative estimate of drug-likeness (QED) is 0.711. The van der Waals surface area contributed by atoms with E-state index in [0.717, 1.165) is 30.8 Å². The summed E-state index contributed by atoms with van der Waals surface area (Å²) in [5.41, 5.74) is 2.18. The van der Waals surface area contributed by atoms with Gasteiger partial charge in [-0.1, -0.05) is 12.1 Å². The molecule has 3 heterocycles. The van der Waals surface area contributed by atoms with Gasteiger partial charge in [0.2, 0.25) is 0 Å². The second-order valence-corrected chi connectivity index (χ2v) is 6.22. The van der Waals surface area contributed by atoms with Gasteiger partial charge in [-0.25, -0.2) is 4.68 Å². The fraction of sp³-hybridized carbons (Fsp3) is 0.250. The van der Waals surface area contributed by atoms with Crippen molar-refractivity contribution in [3.05, 3.63) is 72.8 Å². The molecule has 26 heavy (non-hydrogen) atoms. The van der Waals surface area contributed by atoms with Crippen molar-refractivity contribution < 1.29 is 9.53 Å². The fourth-order valence-corrected chi connectivity index (χ4v) is 3.23. The zero-order chi connectivity index (χ0) is 17.8. The first-order valence-electron chi connectivity index (χ1n) is 8.75. The third kappa shape index (κ3) is 3.36. The Labute approximate surface area is 152 Å². The van der Waals surface area contributed by atoms with E-state index < -0.39 is 0 Å². The summed E-state index contributed by atoms with van der Waals surface area (Å²) in [4.78, 5) is 19.3. The summed E-state index contributed by atoms with van der Waals surface area (Å²) < 4.78 is 7.48. The fourth-order valence-electron chi connectivity index (χ4n) is 3.23. The van der Waals surface area contributed by atoms with Crippen LogP contribution in [0.25, 0.3) is 5.69 Å². The van der Waals surface area contributed by atoms with Crippen LogP contribution >= 0.6 is 0 Å². The molecule has 1 fully saturated rings. The molecule has 0 N–H and O–H groups in total. The molecule has 6 nitrogen and oxygen atoms in total. The first-order chi connectivity index (χ1) is 12.8. The van der Waals surface area contributed by atoms with E-state index >= 15 is 0 Å². The van der Waals surface area contributed by atoms with E-state index in [4.69, 9.17) is 4.74 Å². The molecule has 1 aliphatic rings. The molecule has 1 unspecified atom stereocenters. The van der Waals surface area contributed by atoms with E-state index in [2.05, 4.69) is 10.1 Å². The van der Waals surface area contributed by atoms with E-state index in [1.807, 2.05) is 48.7 Å². The molecule has 132 valence electrons. The number of carbonyl (C=O) groups is 1. The number of para-hydroxylation sites is 1. The summed E-state index contributed by atoms with van der Waals surface area (Å²) in [6.45, 7) is 1.28. The Morgan fingerprint density at radius 2 is 2.00 bits per heavy atom. The predicted octanol–water partition coefficient (Wildman–Crippen LogP) is 3.09. The molecular formula is C20H20N4O2. The average molecular weight is 348 g/mol.